The first kappa shape index (κ1) is 13.2. The molecule has 0 saturated heterocycles. The van der Waals surface area contributed by atoms with Crippen molar-refractivity contribution in [3.05, 3.63) is 36.1 Å². The van der Waals surface area contributed by atoms with Crippen LogP contribution in [0.5, 0.6) is 0 Å². The third kappa shape index (κ3) is 3.15. The van der Waals surface area contributed by atoms with Gasteiger partial charge in [-0.2, -0.15) is 11.8 Å². The van der Waals surface area contributed by atoms with Gasteiger partial charge in [-0.1, -0.05) is 18.2 Å². The molecule has 0 amide bonds. The fourth-order valence-corrected chi connectivity index (χ4v) is 2.26. The number of Topliss-reactive ketones (excluding diaryl/α,β-unsaturated/α-hetero) is 1. The molecule has 1 aromatic carbocycles. The number of hydrogen-bond donors (Lipinski definition) is 0. The highest BCUT2D eigenvalue weighted by atomic mass is 32.2. The van der Waals surface area contributed by atoms with Crippen LogP contribution in [0.1, 0.15) is 10.6 Å². The first-order chi connectivity index (χ1) is 8.70. The van der Waals surface area contributed by atoms with Gasteiger partial charge in [0.2, 0.25) is 5.78 Å². The van der Waals surface area contributed by atoms with Gasteiger partial charge in [-0.05, 0) is 25.4 Å². The zero-order chi connectivity index (χ0) is 13.0. The van der Waals surface area contributed by atoms with E-state index in [0.717, 1.165) is 23.3 Å². The molecule has 0 spiro atoms. The van der Waals surface area contributed by atoms with Gasteiger partial charge in [0.15, 0.2) is 5.76 Å². The van der Waals surface area contributed by atoms with Gasteiger partial charge in [0, 0.05) is 17.7 Å². The fourth-order valence-electron chi connectivity index (χ4n) is 1.77. The summed E-state index contributed by atoms with van der Waals surface area (Å²) in [6.07, 6.45) is 2.06. The number of carbonyl (C=O) groups excluding carboxylic acids is 1. The second-order valence-electron chi connectivity index (χ2n) is 4.30. The van der Waals surface area contributed by atoms with Crippen LogP contribution in [0, 0.1) is 0 Å². The molecule has 4 heteroatoms. The van der Waals surface area contributed by atoms with Gasteiger partial charge in [-0.3, -0.25) is 9.69 Å². The van der Waals surface area contributed by atoms with Crippen molar-refractivity contribution in [2.24, 2.45) is 0 Å². The number of rotatable bonds is 6. The van der Waals surface area contributed by atoms with Crippen LogP contribution < -0.4 is 0 Å². The summed E-state index contributed by atoms with van der Waals surface area (Å²) < 4.78 is 5.55. The molecule has 18 heavy (non-hydrogen) atoms. The van der Waals surface area contributed by atoms with Gasteiger partial charge in [0.25, 0.3) is 0 Å². The van der Waals surface area contributed by atoms with Crippen LogP contribution in [-0.2, 0) is 0 Å². The second kappa shape index (κ2) is 6.07. The number of hydrogen-bond acceptors (Lipinski definition) is 4. The van der Waals surface area contributed by atoms with Crippen molar-refractivity contribution in [1.29, 1.82) is 0 Å². The molecule has 1 heterocycles. The molecule has 0 aliphatic heterocycles. The molecule has 0 atom stereocenters. The third-order valence-corrected chi connectivity index (χ3v) is 3.38. The maximum absolute atomic E-state index is 12.0. The summed E-state index contributed by atoms with van der Waals surface area (Å²) in [5.41, 5.74) is 0.771. The maximum atomic E-state index is 12.0. The summed E-state index contributed by atoms with van der Waals surface area (Å²) >= 11 is 1.78. The molecule has 0 aliphatic rings. The smallest absolute Gasteiger partial charge is 0.211 e. The Morgan fingerprint density at radius 2 is 2.17 bits per heavy atom. The van der Waals surface area contributed by atoms with E-state index < -0.39 is 0 Å². The molecule has 0 bridgehead atoms. The molecule has 96 valence electrons. The number of carbonyl (C=O) groups is 1. The molecule has 2 aromatic rings. The van der Waals surface area contributed by atoms with E-state index in [0.29, 0.717) is 12.3 Å². The number of likely N-dealkylation sites (N-methyl/N-ethyl adjacent to an activating group) is 1. The number of para-hydroxylation sites is 1. The lowest BCUT2D eigenvalue weighted by Crippen LogP contribution is -2.27. The van der Waals surface area contributed by atoms with Crippen LogP contribution in [-0.4, -0.2) is 42.8 Å². The highest BCUT2D eigenvalue weighted by Gasteiger charge is 2.13. The Balaban J connectivity index is 2.04. The maximum Gasteiger partial charge on any atom is 0.211 e. The van der Waals surface area contributed by atoms with Crippen molar-refractivity contribution in [2.45, 2.75) is 0 Å². The molecular weight excluding hydrogens is 246 g/mol. The molecular formula is C14H17NO2S. The van der Waals surface area contributed by atoms with E-state index in [1.165, 1.54) is 0 Å². The summed E-state index contributed by atoms with van der Waals surface area (Å²) in [6.45, 7) is 1.31. The minimum absolute atomic E-state index is 0.0369. The Hall–Kier alpha value is -1.26. The van der Waals surface area contributed by atoms with Crippen molar-refractivity contribution in [1.82, 2.24) is 4.90 Å². The van der Waals surface area contributed by atoms with Crippen molar-refractivity contribution in [3.8, 4) is 0 Å². The number of nitrogens with zero attached hydrogens (tertiary/aromatic N) is 1. The zero-order valence-electron chi connectivity index (χ0n) is 10.7. The monoisotopic (exact) mass is 263 g/mol. The summed E-state index contributed by atoms with van der Waals surface area (Å²) in [5.74, 6) is 1.52. The first-order valence-electron chi connectivity index (χ1n) is 5.90. The number of furan rings is 1. The SMILES string of the molecule is CSCCN(C)CC(=O)c1cc2ccccc2o1. The number of fused-ring (bicyclic) bond motifs is 1. The lowest BCUT2D eigenvalue weighted by Gasteiger charge is -2.13. The van der Waals surface area contributed by atoms with Gasteiger partial charge >= 0.3 is 0 Å². The van der Waals surface area contributed by atoms with E-state index in [-0.39, 0.29) is 5.78 Å². The van der Waals surface area contributed by atoms with Crippen LogP contribution in [0.4, 0.5) is 0 Å². The van der Waals surface area contributed by atoms with Gasteiger partial charge in [0.1, 0.15) is 5.58 Å². The van der Waals surface area contributed by atoms with Crippen molar-refractivity contribution < 1.29 is 9.21 Å². The van der Waals surface area contributed by atoms with E-state index in [9.17, 15) is 4.79 Å². The highest BCUT2D eigenvalue weighted by molar-refractivity contribution is 7.98. The predicted molar refractivity (Wildman–Crippen MR) is 76.4 cm³/mol. The molecule has 3 nitrogen and oxygen atoms in total. The van der Waals surface area contributed by atoms with Gasteiger partial charge in [0.05, 0.1) is 6.54 Å². The van der Waals surface area contributed by atoms with E-state index >= 15 is 0 Å². The quantitative estimate of drug-likeness (QED) is 0.750. The van der Waals surface area contributed by atoms with Crippen LogP contribution in [0.3, 0.4) is 0 Å². The number of benzene rings is 1. The molecule has 2 rings (SSSR count). The van der Waals surface area contributed by atoms with Crippen molar-refractivity contribution in [2.75, 3.05) is 32.1 Å². The minimum Gasteiger partial charge on any atom is -0.453 e. The largest absolute Gasteiger partial charge is 0.453 e. The van der Waals surface area contributed by atoms with E-state index in [2.05, 4.69) is 6.26 Å². The standard InChI is InChI=1S/C14H17NO2S/c1-15(7-8-18-2)10-12(16)14-9-11-5-3-4-6-13(11)17-14/h3-6,9H,7-8,10H2,1-2H3. The van der Waals surface area contributed by atoms with Crippen LogP contribution >= 0.6 is 11.8 Å². The second-order valence-corrected chi connectivity index (χ2v) is 5.29. The summed E-state index contributed by atoms with van der Waals surface area (Å²) in [4.78, 5) is 14.1. The number of thioether (sulfide) groups is 1. The Morgan fingerprint density at radius 3 is 2.89 bits per heavy atom. The normalized spacial score (nSPS) is 11.3. The summed E-state index contributed by atoms with van der Waals surface area (Å²) in [5, 5.41) is 0.979. The average molecular weight is 263 g/mol. The lowest BCUT2D eigenvalue weighted by atomic mass is 10.2. The van der Waals surface area contributed by atoms with Crippen molar-refractivity contribution in [3.63, 3.8) is 0 Å². The molecule has 0 saturated carbocycles. The Labute approximate surface area is 111 Å². The van der Waals surface area contributed by atoms with Crippen LogP contribution in [0.25, 0.3) is 11.0 Å². The van der Waals surface area contributed by atoms with E-state index in [1.54, 1.807) is 11.8 Å². The topological polar surface area (TPSA) is 33.5 Å². The summed E-state index contributed by atoms with van der Waals surface area (Å²) in [6, 6.07) is 9.50. The first-order valence-corrected chi connectivity index (χ1v) is 7.29. The van der Waals surface area contributed by atoms with E-state index in [4.69, 9.17) is 4.42 Å². The Morgan fingerprint density at radius 1 is 1.39 bits per heavy atom. The van der Waals surface area contributed by atoms with Gasteiger partial charge in [-0.25, -0.2) is 0 Å². The van der Waals surface area contributed by atoms with Gasteiger partial charge < -0.3 is 4.42 Å². The summed E-state index contributed by atoms with van der Waals surface area (Å²) in [7, 11) is 1.96. The minimum atomic E-state index is 0.0369. The molecule has 0 unspecified atom stereocenters. The van der Waals surface area contributed by atoms with Gasteiger partial charge in [-0.15, -0.1) is 0 Å². The average Bonchev–Trinajstić information content (AvgIpc) is 2.80. The van der Waals surface area contributed by atoms with Crippen molar-refractivity contribution >= 4 is 28.5 Å². The molecule has 0 aliphatic carbocycles. The highest BCUT2D eigenvalue weighted by Crippen LogP contribution is 2.19. The fraction of sp³-hybridized carbons (Fsp3) is 0.357. The van der Waals surface area contributed by atoms with E-state index in [1.807, 2.05) is 42.3 Å². The zero-order valence-corrected chi connectivity index (χ0v) is 11.5. The Kier molecular flexibility index (Phi) is 4.44. The molecule has 0 radical (unpaired) electrons. The predicted octanol–water partition coefficient (Wildman–Crippen LogP) is 2.91. The molecule has 1 aromatic heterocycles. The lowest BCUT2D eigenvalue weighted by molar-refractivity contribution is 0.0924. The van der Waals surface area contributed by atoms with Crippen LogP contribution in [0.15, 0.2) is 34.7 Å². The van der Waals surface area contributed by atoms with Crippen LogP contribution in [0.2, 0.25) is 0 Å². The number of ketones is 1. The molecule has 0 N–H and O–H groups in total. The third-order valence-electron chi connectivity index (χ3n) is 2.79. The molecule has 0 fully saturated rings. The Bertz CT molecular complexity index is 502.